The van der Waals surface area contributed by atoms with E-state index < -0.39 is 65.7 Å². The average Bonchev–Trinajstić information content (AvgIpc) is 1.85. The van der Waals surface area contributed by atoms with Gasteiger partial charge in [0.25, 0.3) is 17.0 Å². The van der Waals surface area contributed by atoms with Crippen molar-refractivity contribution in [2.75, 3.05) is 10.6 Å². The molecule has 3 amide bonds. The van der Waals surface area contributed by atoms with Crippen molar-refractivity contribution in [3.05, 3.63) is 113 Å². The minimum atomic E-state index is -1.97. The lowest BCUT2D eigenvalue weighted by molar-refractivity contribution is -0.172. The van der Waals surface area contributed by atoms with Crippen LogP contribution >= 0.6 is 0 Å². The van der Waals surface area contributed by atoms with E-state index in [1.54, 1.807) is 47.2 Å². The molecule has 6 aliphatic rings. The monoisotopic (exact) mass is 1140 g/mol. The number of esters is 2. The van der Waals surface area contributed by atoms with Gasteiger partial charge >= 0.3 is 18.0 Å². The third kappa shape index (κ3) is 8.93. The molecule has 6 aromatic rings. The summed E-state index contributed by atoms with van der Waals surface area (Å²) in [7, 11) is 0. The van der Waals surface area contributed by atoms with Gasteiger partial charge in [-0.3, -0.25) is 29.5 Å². The number of rotatable bonds is 17. The number of benzene rings is 2. The van der Waals surface area contributed by atoms with Gasteiger partial charge in [-0.15, -0.1) is 0 Å². The first-order valence-electron chi connectivity index (χ1n) is 28.4. The van der Waals surface area contributed by atoms with E-state index in [9.17, 15) is 58.5 Å². The van der Waals surface area contributed by atoms with Crippen LogP contribution in [0.15, 0.2) is 51.0 Å². The lowest BCUT2D eigenvalue weighted by Crippen LogP contribution is -2.44. The second-order valence-corrected chi connectivity index (χ2v) is 22.7. The first-order chi connectivity index (χ1) is 40.3. The van der Waals surface area contributed by atoms with Gasteiger partial charge in [0.05, 0.1) is 76.2 Å². The molecule has 2 aliphatic carbocycles. The van der Waals surface area contributed by atoms with Crippen molar-refractivity contribution >= 4 is 81.3 Å². The molecule has 2 aromatic carbocycles. The minimum absolute atomic E-state index is 0.0103. The first kappa shape index (κ1) is 55.6. The van der Waals surface area contributed by atoms with Gasteiger partial charge in [0.15, 0.2) is 11.2 Å². The molecular formula is C61H61N9O14. The molecule has 4 aliphatic heterocycles. The van der Waals surface area contributed by atoms with E-state index in [2.05, 4.69) is 26.3 Å². The van der Waals surface area contributed by atoms with E-state index in [4.69, 9.17) is 19.4 Å². The lowest BCUT2D eigenvalue weighted by atomic mass is 9.84. The predicted molar refractivity (Wildman–Crippen MR) is 304 cm³/mol. The number of hydrogen-bond acceptors (Lipinski definition) is 17. The largest absolute Gasteiger partial charge is 0.465 e. The molecule has 6 atom stereocenters. The van der Waals surface area contributed by atoms with Crippen LogP contribution < -0.4 is 32.4 Å². The number of aldehydes is 2. The number of nitrogens with one attached hydrogen (secondary N) is 4. The number of hydrogen-bond donors (Lipinski definition) is 7. The van der Waals surface area contributed by atoms with Gasteiger partial charge in [0.2, 0.25) is 5.91 Å². The van der Waals surface area contributed by atoms with Gasteiger partial charge in [0, 0.05) is 56.9 Å². The molecule has 0 spiro atoms. The summed E-state index contributed by atoms with van der Waals surface area (Å²) in [5, 5.41) is 45.6. The van der Waals surface area contributed by atoms with Crippen LogP contribution in [0.1, 0.15) is 128 Å². The van der Waals surface area contributed by atoms with E-state index in [0.29, 0.717) is 77.9 Å². The van der Waals surface area contributed by atoms with Crippen molar-refractivity contribution in [3.63, 3.8) is 0 Å². The molecule has 0 saturated carbocycles. The molecule has 23 heteroatoms. The summed E-state index contributed by atoms with van der Waals surface area (Å²) in [4.78, 5) is 132. The van der Waals surface area contributed by atoms with Crippen LogP contribution in [0.5, 0.6) is 0 Å². The zero-order chi connectivity index (χ0) is 59.3. The Hall–Kier alpha value is -8.96. The van der Waals surface area contributed by atoms with Crippen LogP contribution in [-0.4, -0.2) is 101 Å². The Kier molecular flexibility index (Phi) is 13.9. The van der Waals surface area contributed by atoms with Crippen molar-refractivity contribution in [3.8, 4) is 22.8 Å². The molecular weight excluding hydrogens is 1080 g/mol. The topological polar surface area (TPSA) is 329 Å². The fraction of sp³-hybridized carbons (Fsp3) is 0.410. The molecule has 0 radical (unpaired) electrons. The summed E-state index contributed by atoms with van der Waals surface area (Å²) >= 11 is 0. The van der Waals surface area contributed by atoms with Crippen LogP contribution in [0, 0.1) is 5.92 Å². The van der Waals surface area contributed by atoms with Crippen LogP contribution in [0.3, 0.4) is 0 Å². The molecule has 4 aromatic heterocycles. The third-order valence-corrected chi connectivity index (χ3v) is 18.0. The Bertz CT molecular complexity index is 4090. The van der Waals surface area contributed by atoms with E-state index in [-0.39, 0.29) is 97.0 Å². The second-order valence-electron chi connectivity index (χ2n) is 22.7. The van der Waals surface area contributed by atoms with Gasteiger partial charge in [-0.25, -0.2) is 24.4 Å². The summed E-state index contributed by atoms with van der Waals surface area (Å²) in [6.07, 6.45) is 2.15. The number of aromatic nitrogens is 4. The highest BCUT2D eigenvalue weighted by atomic mass is 16.6. The number of aryl methyl sites for hydroxylation is 4. The van der Waals surface area contributed by atoms with Crippen molar-refractivity contribution < 1.29 is 58.4 Å². The highest BCUT2D eigenvalue weighted by Gasteiger charge is 2.47. The molecule has 8 heterocycles. The van der Waals surface area contributed by atoms with Gasteiger partial charge < -0.3 is 59.5 Å². The molecule has 23 nitrogen and oxygen atoms in total. The number of nitrogens with zero attached hydrogens (tertiary/aromatic N) is 5. The van der Waals surface area contributed by atoms with E-state index >= 15 is 0 Å². The number of aliphatic imine (C=N–C) groups is 1. The number of pyridine rings is 4. The molecule has 7 N–H and O–H groups in total. The maximum absolute atomic E-state index is 13.9. The number of cyclic esters (lactones) is 2. The van der Waals surface area contributed by atoms with Crippen LogP contribution in [-0.2, 0) is 101 Å². The van der Waals surface area contributed by atoms with Gasteiger partial charge in [-0.05, 0) is 129 Å². The van der Waals surface area contributed by atoms with Crippen molar-refractivity contribution in [1.82, 2.24) is 29.7 Å². The molecule has 434 valence electrons. The number of ether oxygens (including phenoxy) is 2. The van der Waals surface area contributed by atoms with Gasteiger partial charge in [-0.2, -0.15) is 0 Å². The summed E-state index contributed by atoms with van der Waals surface area (Å²) in [5.74, 6) is -3.39. The van der Waals surface area contributed by atoms with Crippen molar-refractivity contribution in [2.45, 2.75) is 154 Å². The van der Waals surface area contributed by atoms with Crippen molar-refractivity contribution in [1.29, 1.82) is 0 Å². The van der Waals surface area contributed by atoms with Crippen LogP contribution in [0.25, 0.3) is 44.6 Å². The summed E-state index contributed by atoms with van der Waals surface area (Å²) in [6, 6.07) is 9.01. The number of carbonyl (C=O) groups excluding carboxylic acids is 6. The fourth-order valence-electron chi connectivity index (χ4n) is 13.6. The molecule has 12 rings (SSSR count). The molecule has 0 bridgehead atoms. The number of anilines is 2. The molecule has 0 fully saturated rings. The average molecular weight is 1140 g/mol. The Morgan fingerprint density at radius 1 is 0.726 bits per heavy atom. The SMILES string of the molecule is CC[C@@]1(O)C(=O)OCc2c1cc1n(c2=O)Cc2c-1nc1ccc(NC(=O)C(C)=N[C@@H](CC(=O)N[C@H](C=O)CC(C)C(CC=O)Nc3ccc4nc5c(c6c4c3CCC6)Cn3c-5cc4c(c3=O)COC(=O)[C@]4(O)CC)NC(=O)O)c3c1c2CCC3. The summed E-state index contributed by atoms with van der Waals surface area (Å²) < 4.78 is 13.7. The van der Waals surface area contributed by atoms with Crippen LogP contribution in [0.2, 0.25) is 0 Å². The Labute approximate surface area is 478 Å². The zero-order valence-corrected chi connectivity index (χ0v) is 46.6. The molecule has 84 heavy (non-hydrogen) atoms. The van der Waals surface area contributed by atoms with E-state index in [0.717, 1.165) is 62.5 Å². The molecule has 2 unspecified atom stereocenters. The van der Waals surface area contributed by atoms with Gasteiger partial charge in [0.1, 0.15) is 32.0 Å². The Morgan fingerprint density at radius 2 is 1.24 bits per heavy atom. The number of aliphatic hydroxyl groups is 2. The normalized spacial score (nSPS) is 20.1. The van der Waals surface area contributed by atoms with E-state index in [1.165, 1.54) is 6.92 Å². The van der Waals surface area contributed by atoms with E-state index in [1.807, 2.05) is 19.1 Å². The first-order valence-corrected chi connectivity index (χ1v) is 28.4. The highest BCUT2D eigenvalue weighted by molar-refractivity contribution is 6.42. The number of amides is 3. The number of carboxylic acid groups (broad SMARTS) is 1. The highest BCUT2D eigenvalue weighted by Crippen LogP contribution is 2.46. The third-order valence-electron chi connectivity index (χ3n) is 18.0. The maximum atomic E-state index is 13.9. The Balaban J connectivity index is 0.730. The van der Waals surface area contributed by atoms with Crippen molar-refractivity contribution in [2.24, 2.45) is 10.9 Å². The quantitative estimate of drug-likeness (QED) is 0.0372. The lowest BCUT2D eigenvalue weighted by Gasteiger charge is -2.31. The molecule has 0 saturated heterocycles. The maximum Gasteiger partial charge on any atom is 0.406 e. The fourth-order valence-corrected chi connectivity index (χ4v) is 13.6. The predicted octanol–water partition coefficient (Wildman–Crippen LogP) is 4.61. The van der Waals surface area contributed by atoms with Crippen LogP contribution in [0.4, 0.5) is 16.2 Å². The number of carbonyl (C=O) groups is 7. The standard InChI is InChI=1S/C61H61N9O14/c1-5-60(81)39-20-46-52-35(23-69(46)55(75)37(39)26-83-57(60)77)31-9-7-11-33-42(13-15-44(65-52)50(31)33)64-41(17-18-71)28(3)19-30(25-72)63-49(73)22-48(68-59(79)80)62-29(4)54(74)67-43-14-16-45-51-32(10-8-12-34(43)51)36-24-70-47(53(36)66-45)21-40-38(56(70)76)27-84-58(78)61(40,82)6-2/h13-16,18,20-21,25,28,30,41,48,64,68,81-82H,5-12,17,19,22-24,26-27H2,1-4H3,(H,63,73)(H,67,74)(H,79,80)/t28?,30-,41?,48+,60-,61-/m0/s1. The number of fused-ring (bicyclic) bond motifs is 10. The summed E-state index contributed by atoms with van der Waals surface area (Å²) in [6.45, 7) is 6.50. The minimum Gasteiger partial charge on any atom is -0.465 e. The van der Waals surface area contributed by atoms with Gasteiger partial charge in [-0.1, -0.05) is 20.8 Å². The smallest absolute Gasteiger partial charge is 0.406 e. The second kappa shape index (κ2) is 21.0. The Morgan fingerprint density at radius 3 is 1.74 bits per heavy atom. The zero-order valence-electron chi connectivity index (χ0n) is 46.6. The summed E-state index contributed by atoms with van der Waals surface area (Å²) in [5.41, 5.74) is 6.32.